The number of amides is 2. The number of para-hydroxylation sites is 1. The van der Waals surface area contributed by atoms with E-state index in [0.717, 1.165) is 5.56 Å². The van der Waals surface area contributed by atoms with Crippen LogP contribution in [0.3, 0.4) is 0 Å². The summed E-state index contributed by atoms with van der Waals surface area (Å²) in [6.45, 7) is 1.81. The van der Waals surface area contributed by atoms with Crippen molar-refractivity contribution in [3.05, 3.63) is 47.8 Å². The van der Waals surface area contributed by atoms with Gasteiger partial charge >= 0.3 is 12.0 Å². The predicted molar refractivity (Wildman–Crippen MR) is 76.7 cm³/mol. The lowest BCUT2D eigenvalue weighted by Crippen LogP contribution is -2.20. The summed E-state index contributed by atoms with van der Waals surface area (Å²) in [7, 11) is 0. The van der Waals surface area contributed by atoms with Crippen LogP contribution in [0, 0.1) is 6.92 Å². The number of nitrogens with zero attached hydrogens (tertiary/aromatic N) is 1. The highest BCUT2D eigenvalue weighted by Gasteiger charge is 2.14. The van der Waals surface area contributed by atoms with Crippen LogP contribution in [0.5, 0.6) is 5.75 Å². The lowest BCUT2D eigenvalue weighted by atomic mass is 10.1. The van der Waals surface area contributed by atoms with Gasteiger partial charge in [-0.05, 0) is 30.7 Å². The number of carbonyl (C=O) groups excluding carboxylic acids is 1. The van der Waals surface area contributed by atoms with E-state index in [2.05, 4.69) is 15.6 Å². The molecular formula is C14H13N3O4. The van der Waals surface area contributed by atoms with Crippen molar-refractivity contribution in [2.75, 3.05) is 10.6 Å². The molecular weight excluding hydrogens is 274 g/mol. The summed E-state index contributed by atoms with van der Waals surface area (Å²) in [6.07, 6.45) is 3.09. The zero-order valence-electron chi connectivity index (χ0n) is 11.1. The number of aromatic carboxylic acids is 1. The molecule has 0 aliphatic carbocycles. The number of aryl methyl sites for hydroxylation is 1. The van der Waals surface area contributed by atoms with Gasteiger partial charge in [0.05, 0.1) is 17.6 Å². The molecule has 2 aromatic rings. The Morgan fingerprint density at radius 1 is 1.14 bits per heavy atom. The van der Waals surface area contributed by atoms with Crippen LogP contribution in [0.15, 0.2) is 36.7 Å². The van der Waals surface area contributed by atoms with Gasteiger partial charge in [-0.3, -0.25) is 4.98 Å². The Labute approximate surface area is 120 Å². The number of urea groups is 1. The minimum atomic E-state index is -1.28. The van der Waals surface area contributed by atoms with Crippen molar-refractivity contribution in [2.24, 2.45) is 0 Å². The Morgan fingerprint density at radius 2 is 1.86 bits per heavy atom. The third-order valence-corrected chi connectivity index (χ3v) is 2.80. The summed E-state index contributed by atoms with van der Waals surface area (Å²) in [6, 6.07) is 5.19. The number of carboxylic acids is 1. The number of aromatic hydroxyl groups is 1. The molecule has 0 unspecified atom stereocenters. The number of anilines is 2. The molecule has 2 amide bonds. The molecule has 0 radical (unpaired) electrons. The summed E-state index contributed by atoms with van der Waals surface area (Å²) in [4.78, 5) is 26.6. The minimum absolute atomic E-state index is 0.00828. The molecule has 2 rings (SSSR count). The van der Waals surface area contributed by atoms with E-state index in [0.29, 0.717) is 5.69 Å². The Balaban J connectivity index is 2.15. The molecule has 0 aliphatic heterocycles. The Bertz CT molecular complexity index is 700. The first-order chi connectivity index (χ1) is 9.99. The first-order valence-corrected chi connectivity index (χ1v) is 6.03. The van der Waals surface area contributed by atoms with Gasteiger partial charge in [-0.2, -0.15) is 0 Å². The molecule has 1 aromatic carbocycles. The summed E-state index contributed by atoms with van der Waals surface area (Å²) >= 11 is 0. The van der Waals surface area contributed by atoms with E-state index >= 15 is 0 Å². The molecule has 0 spiro atoms. The summed E-state index contributed by atoms with van der Waals surface area (Å²) in [5, 5.41) is 23.6. The predicted octanol–water partition coefficient (Wildman–Crippen LogP) is 2.44. The quantitative estimate of drug-likeness (QED) is 0.648. The monoisotopic (exact) mass is 287 g/mol. The molecule has 0 fully saturated rings. The normalized spacial score (nSPS) is 9.95. The maximum Gasteiger partial charge on any atom is 0.339 e. The second-order valence-corrected chi connectivity index (χ2v) is 4.28. The van der Waals surface area contributed by atoms with Crippen LogP contribution < -0.4 is 10.6 Å². The van der Waals surface area contributed by atoms with Crippen molar-refractivity contribution in [1.82, 2.24) is 4.98 Å². The highest BCUT2D eigenvalue weighted by molar-refractivity contribution is 6.02. The first kappa shape index (κ1) is 14.3. The Kier molecular flexibility index (Phi) is 4.03. The van der Waals surface area contributed by atoms with E-state index in [1.54, 1.807) is 19.2 Å². The number of hydrogen-bond donors (Lipinski definition) is 4. The largest absolute Gasteiger partial charge is 0.505 e. The zero-order valence-corrected chi connectivity index (χ0v) is 11.1. The third kappa shape index (κ3) is 3.27. The highest BCUT2D eigenvalue weighted by Crippen LogP contribution is 2.27. The number of hydrogen-bond acceptors (Lipinski definition) is 4. The Hall–Kier alpha value is -3.09. The number of pyridine rings is 1. The lowest BCUT2D eigenvalue weighted by Gasteiger charge is -2.11. The van der Waals surface area contributed by atoms with E-state index < -0.39 is 17.7 Å². The zero-order chi connectivity index (χ0) is 15.4. The van der Waals surface area contributed by atoms with Gasteiger partial charge in [-0.25, -0.2) is 9.59 Å². The van der Waals surface area contributed by atoms with E-state index in [9.17, 15) is 14.7 Å². The summed E-state index contributed by atoms with van der Waals surface area (Å²) in [5.74, 6) is -1.78. The van der Waals surface area contributed by atoms with Gasteiger partial charge in [0.2, 0.25) is 0 Å². The molecule has 1 heterocycles. The van der Waals surface area contributed by atoms with Crippen molar-refractivity contribution in [3.63, 3.8) is 0 Å². The fourth-order valence-electron chi connectivity index (χ4n) is 1.69. The molecule has 7 nitrogen and oxygen atoms in total. The van der Waals surface area contributed by atoms with Crippen LogP contribution in [0.2, 0.25) is 0 Å². The van der Waals surface area contributed by atoms with E-state index in [1.807, 2.05) is 0 Å². The van der Waals surface area contributed by atoms with E-state index in [-0.39, 0.29) is 11.3 Å². The van der Waals surface area contributed by atoms with Crippen LogP contribution in [-0.4, -0.2) is 27.2 Å². The van der Waals surface area contributed by atoms with Crippen LogP contribution >= 0.6 is 0 Å². The van der Waals surface area contributed by atoms with Crippen molar-refractivity contribution in [1.29, 1.82) is 0 Å². The second-order valence-electron chi connectivity index (χ2n) is 4.28. The average molecular weight is 287 g/mol. The van der Waals surface area contributed by atoms with Crippen molar-refractivity contribution >= 4 is 23.4 Å². The maximum absolute atomic E-state index is 11.9. The van der Waals surface area contributed by atoms with Gasteiger partial charge in [0.1, 0.15) is 5.56 Å². The van der Waals surface area contributed by atoms with Crippen LogP contribution in [-0.2, 0) is 0 Å². The molecule has 1 aromatic heterocycles. The van der Waals surface area contributed by atoms with Crippen LogP contribution in [0.4, 0.5) is 16.2 Å². The summed E-state index contributed by atoms with van der Waals surface area (Å²) < 4.78 is 0. The van der Waals surface area contributed by atoms with Gasteiger partial charge in [0.25, 0.3) is 0 Å². The van der Waals surface area contributed by atoms with E-state index in [4.69, 9.17) is 5.11 Å². The molecule has 0 bridgehead atoms. The molecule has 7 heteroatoms. The van der Waals surface area contributed by atoms with Crippen LogP contribution in [0.1, 0.15) is 15.9 Å². The van der Waals surface area contributed by atoms with Crippen LogP contribution in [0.25, 0.3) is 0 Å². The molecule has 108 valence electrons. The SMILES string of the molecule is Cc1ccncc1NC(=O)Nc1cccc(C(=O)O)c1O. The molecule has 0 atom stereocenters. The highest BCUT2D eigenvalue weighted by atomic mass is 16.4. The second kappa shape index (κ2) is 5.91. The van der Waals surface area contributed by atoms with Gasteiger partial charge in [-0.1, -0.05) is 6.07 Å². The third-order valence-electron chi connectivity index (χ3n) is 2.80. The van der Waals surface area contributed by atoms with Crippen molar-refractivity contribution in [3.8, 4) is 5.75 Å². The number of benzene rings is 1. The standard InChI is InChI=1S/C14H13N3O4/c1-8-5-6-15-7-11(8)17-14(21)16-10-4-2-3-9(12(10)18)13(19)20/h2-7,18H,1H3,(H,19,20)(H2,16,17,21). The smallest absolute Gasteiger partial charge is 0.339 e. The number of carboxylic acid groups (broad SMARTS) is 1. The molecule has 0 saturated carbocycles. The van der Waals surface area contributed by atoms with E-state index in [1.165, 1.54) is 24.4 Å². The van der Waals surface area contributed by atoms with Crippen molar-refractivity contribution < 1.29 is 19.8 Å². The lowest BCUT2D eigenvalue weighted by molar-refractivity contribution is 0.0694. The first-order valence-electron chi connectivity index (χ1n) is 6.03. The maximum atomic E-state index is 11.9. The molecule has 0 aliphatic rings. The van der Waals surface area contributed by atoms with Gasteiger partial charge in [0, 0.05) is 6.20 Å². The minimum Gasteiger partial charge on any atom is -0.505 e. The number of carbonyl (C=O) groups is 2. The Morgan fingerprint density at radius 3 is 2.52 bits per heavy atom. The molecule has 4 N–H and O–H groups in total. The van der Waals surface area contributed by atoms with Gasteiger partial charge < -0.3 is 20.8 Å². The summed E-state index contributed by atoms with van der Waals surface area (Å²) in [5.41, 5.74) is 1.06. The topological polar surface area (TPSA) is 112 Å². The number of rotatable bonds is 3. The fourth-order valence-corrected chi connectivity index (χ4v) is 1.69. The van der Waals surface area contributed by atoms with Gasteiger partial charge in [0.15, 0.2) is 5.75 Å². The average Bonchev–Trinajstić information content (AvgIpc) is 2.43. The van der Waals surface area contributed by atoms with Crippen molar-refractivity contribution in [2.45, 2.75) is 6.92 Å². The number of phenols is 1. The number of aromatic nitrogens is 1. The van der Waals surface area contributed by atoms with Gasteiger partial charge in [-0.15, -0.1) is 0 Å². The molecule has 21 heavy (non-hydrogen) atoms. The fraction of sp³-hybridized carbons (Fsp3) is 0.0714. The number of nitrogens with one attached hydrogen (secondary N) is 2. The molecule has 0 saturated heterocycles.